The normalized spacial score (nSPS) is 10.7. The third-order valence-electron chi connectivity index (χ3n) is 2.89. The Hall–Kier alpha value is -2.39. The van der Waals surface area contributed by atoms with Crippen LogP contribution in [0.4, 0.5) is 5.95 Å². The molecule has 5 nitrogen and oxygen atoms in total. The first-order valence-electron chi connectivity index (χ1n) is 5.74. The molecule has 3 aromatic rings. The maximum absolute atomic E-state index is 8.97. The summed E-state index contributed by atoms with van der Waals surface area (Å²) in [5.74, 6) is 0.455. The summed E-state index contributed by atoms with van der Waals surface area (Å²) >= 11 is 1.63. The van der Waals surface area contributed by atoms with Crippen LogP contribution in [-0.4, -0.2) is 14.5 Å². The molecule has 0 aliphatic heterocycles. The Bertz CT molecular complexity index is 793. The standard InChI is InChI=1S/C13H11N5S/c1-8-16-6-10(19-8)7-18-12-4-9(5-14)2-3-11(12)17-13(18)15/h2-4,6H,7H2,1H3,(H2,15,17). The first-order valence-corrected chi connectivity index (χ1v) is 6.56. The van der Waals surface area contributed by atoms with Gasteiger partial charge in [-0.3, -0.25) is 0 Å². The Morgan fingerprint density at radius 2 is 2.32 bits per heavy atom. The summed E-state index contributed by atoms with van der Waals surface area (Å²) in [7, 11) is 0. The maximum Gasteiger partial charge on any atom is 0.201 e. The second kappa shape index (κ2) is 4.37. The number of aromatic nitrogens is 3. The molecule has 0 amide bonds. The van der Waals surface area contributed by atoms with Crippen LogP contribution in [-0.2, 0) is 6.54 Å². The Labute approximate surface area is 113 Å². The Morgan fingerprint density at radius 1 is 1.47 bits per heavy atom. The maximum atomic E-state index is 8.97. The van der Waals surface area contributed by atoms with Crippen LogP contribution < -0.4 is 5.73 Å². The van der Waals surface area contributed by atoms with Gasteiger partial charge in [0.05, 0.1) is 34.2 Å². The number of benzene rings is 1. The lowest BCUT2D eigenvalue weighted by Crippen LogP contribution is -2.03. The van der Waals surface area contributed by atoms with Gasteiger partial charge in [0.15, 0.2) is 0 Å². The minimum Gasteiger partial charge on any atom is -0.369 e. The van der Waals surface area contributed by atoms with Gasteiger partial charge >= 0.3 is 0 Å². The van der Waals surface area contributed by atoms with E-state index >= 15 is 0 Å². The minimum atomic E-state index is 0.455. The first-order chi connectivity index (χ1) is 9.17. The fraction of sp³-hybridized carbons (Fsp3) is 0.154. The highest BCUT2D eigenvalue weighted by Crippen LogP contribution is 2.22. The number of nitrogens with zero attached hydrogens (tertiary/aromatic N) is 4. The van der Waals surface area contributed by atoms with Gasteiger partial charge < -0.3 is 10.3 Å². The molecule has 6 heteroatoms. The molecule has 0 aliphatic carbocycles. The van der Waals surface area contributed by atoms with Crippen molar-refractivity contribution in [1.29, 1.82) is 5.26 Å². The monoisotopic (exact) mass is 269 g/mol. The van der Waals surface area contributed by atoms with Crippen LogP contribution in [0, 0.1) is 18.3 Å². The van der Waals surface area contributed by atoms with Crippen molar-refractivity contribution in [3.05, 3.63) is 39.8 Å². The zero-order valence-corrected chi connectivity index (χ0v) is 11.1. The van der Waals surface area contributed by atoms with E-state index in [1.165, 1.54) is 0 Å². The van der Waals surface area contributed by atoms with E-state index in [9.17, 15) is 0 Å². The highest BCUT2D eigenvalue weighted by atomic mass is 32.1. The van der Waals surface area contributed by atoms with Crippen molar-refractivity contribution < 1.29 is 0 Å². The van der Waals surface area contributed by atoms with Crippen LogP contribution in [0.15, 0.2) is 24.4 Å². The molecule has 0 spiro atoms. The molecule has 94 valence electrons. The molecule has 1 aromatic carbocycles. The van der Waals surface area contributed by atoms with E-state index in [0.717, 1.165) is 20.9 Å². The van der Waals surface area contributed by atoms with Crippen LogP contribution >= 0.6 is 11.3 Å². The van der Waals surface area contributed by atoms with Gasteiger partial charge in [-0.05, 0) is 25.1 Å². The van der Waals surface area contributed by atoms with E-state index in [1.807, 2.05) is 29.8 Å². The molecule has 0 radical (unpaired) electrons. The molecule has 0 aliphatic rings. The van der Waals surface area contributed by atoms with E-state index in [0.29, 0.717) is 18.1 Å². The summed E-state index contributed by atoms with van der Waals surface area (Å²) in [5, 5.41) is 9.99. The van der Waals surface area contributed by atoms with E-state index in [1.54, 1.807) is 17.4 Å². The predicted octanol–water partition coefficient (Wildman–Crippen LogP) is 2.30. The van der Waals surface area contributed by atoms with Crippen LogP contribution in [0.25, 0.3) is 11.0 Å². The van der Waals surface area contributed by atoms with Gasteiger partial charge in [-0.1, -0.05) is 0 Å². The SMILES string of the molecule is Cc1ncc(Cn2c(N)nc3ccc(C#N)cc32)s1. The Kier molecular flexibility index (Phi) is 2.69. The van der Waals surface area contributed by atoms with Gasteiger partial charge in [0, 0.05) is 11.1 Å². The number of nitrogens with two attached hydrogens (primary N) is 1. The van der Waals surface area contributed by atoms with Gasteiger partial charge in [-0.15, -0.1) is 11.3 Å². The van der Waals surface area contributed by atoms with Gasteiger partial charge in [0.25, 0.3) is 0 Å². The van der Waals surface area contributed by atoms with Gasteiger partial charge in [0.2, 0.25) is 5.95 Å². The average Bonchev–Trinajstić information content (AvgIpc) is 2.94. The van der Waals surface area contributed by atoms with E-state index in [-0.39, 0.29) is 0 Å². The van der Waals surface area contributed by atoms with Crippen LogP contribution in [0.5, 0.6) is 0 Å². The number of anilines is 1. The van der Waals surface area contributed by atoms with Crippen molar-refractivity contribution in [3.8, 4) is 6.07 Å². The molecule has 0 atom stereocenters. The lowest BCUT2D eigenvalue weighted by molar-refractivity contribution is 0.850. The van der Waals surface area contributed by atoms with Gasteiger partial charge in [0.1, 0.15) is 0 Å². The minimum absolute atomic E-state index is 0.455. The van der Waals surface area contributed by atoms with Crippen LogP contribution in [0.3, 0.4) is 0 Å². The summed E-state index contributed by atoms with van der Waals surface area (Å²) < 4.78 is 1.91. The van der Waals surface area contributed by atoms with Crippen LogP contribution in [0.1, 0.15) is 15.4 Å². The molecule has 2 aromatic heterocycles. The second-order valence-electron chi connectivity index (χ2n) is 4.22. The molecule has 2 N–H and O–H groups in total. The smallest absolute Gasteiger partial charge is 0.201 e. The first kappa shape index (κ1) is 11.7. The molecule has 0 bridgehead atoms. The summed E-state index contributed by atoms with van der Waals surface area (Å²) in [4.78, 5) is 9.66. The van der Waals surface area contributed by atoms with E-state index in [2.05, 4.69) is 16.0 Å². The number of hydrogen-bond donors (Lipinski definition) is 1. The van der Waals surface area contributed by atoms with E-state index in [4.69, 9.17) is 11.0 Å². The van der Waals surface area contributed by atoms with Gasteiger partial charge in [-0.25, -0.2) is 9.97 Å². The van der Waals surface area contributed by atoms with Crippen molar-refractivity contribution in [1.82, 2.24) is 14.5 Å². The zero-order valence-electron chi connectivity index (χ0n) is 10.3. The number of fused-ring (bicyclic) bond motifs is 1. The lowest BCUT2D eigenvalue weighted by atomic mass is 10.2. The number of thiazole rings is 1. The molecular weight excluding hydrogens is 258 g/mol. The van der Waals surface area contributed by atoms with Crippen molar-refractivity contribution in [2.75, 3.05) is 5.73 Å². The second-order valence-corrected chi connectivity index (χ2v) is 5.54. The number of nitrogen functional groups attached to an aromatic ring is 1. The van der Waals surface area contributed by atoms with Crippen molar-refractivity contribution in [3.63, 3.8) is 0 Å². The molecule has 0 saturated heterocycles. The topological polar surface area (TPSA) is 80.5 Å². The molecule has 0 fully saturated rings. The van der Waals surface area contributed by atoms with E-state index < -0.39 is 0 Å². The fourth-order valence-electron chi connectivity index (χ4n) is 2.01. The molecule has 2 heterocycles. The fourth-order valence-corrected chi connectivity index (χ4v) is 2.80. The third kappa shape index (κ3) is 2.04. The summed E-state index contributed by atoms with van der Waals surface area (Å²) in [6.07, 6.45) is 1.85. The largest absolute Gasteiger partial charge is 0.369 e. The average molecular weight is 269 g/mol. The Morgan fingerprint density at radius 3 is 3.00 bits per heavy atom. The molecule has 19 heavy (non-hydrogen) atoms. The molecule has 0 saturated carbocycles. The highest BCUT2D eigenvalue weighted by Gasteiger charge is 2.10. The van der Waals surface area contributed by atoms with Gasteiger partial charge in [-0.2, -0.15) is 5.26 Å². The predicted molar refractivity (Wildman–Crippen MR) is 74.8 cm³/mol. The van der Waals surface area contributed by atoms with Crippen molar-refractivity contribution >= 4 is 28.3 Å². The number of nitriles is 1. The number of hydrogen-bond acceptors (Lipinski definition) is 5. The van der Waals surface area contributed by atoms with Crippen molar-refractivity contribution in [2.45, 2.75) is 13.5 Å². The third-order valence-corrected chi connectivity index (χ3v) is 3.79. The number of rotatable bonds is 2. The van der Waals surface area contributed by atoms with Crippen molar-refractivity contribution in [2.24, 2.45) is 0 Å². The summed E-state index contributed by atoms with van der Waals surface area (Å²) in [6.45, 7) is 2.60. The molecule has 3 rings (SSSR count). The molecule has 0 unspecified atom stereocenters. The highest BCUT2D eigenvalue weighted by molar-refractivity contribution is 7.11. The summed E-state index contributed by atoms with van der Waals surface area (Å²) in [6, 6.07) is 7.51. The number of aryl methyl sites for hydroxylation is 1. The van der Waals surface area contributed by atoms with Crippen LogP contribution in [0.2, 0.25) is 0 Å². The quantitative estimate of drug-likeness (QED) is 0.774. The Balaban J connectivity index is 2.11. The molecular formula is C13H11N5S. The number of imidazole rings is 1. The lowest BCUT2D eigenvalue weighted by Gasteiger charge is -2.04. The summed E-state index contributed by atoms with van der Waals surface area (Å²) in [5.41, 5.74) is 8.24. The zero-order chi connectivity index (χ0) is 13.4.